The van der Waals surface area contributed by atoms with Crippen LogP contribution in [0.15, 0.2) is 60.7 Å². The molecule has 2 aromatic carbocycles. The number of primary amides is 1. The number of amides is 2. The fraction of sp³-hybridized carbons (Fsp3) is 0.105. The van der Waals surface area contributed by atoms with E-state index in [1.807, 2.05) is 6.07 Å². The lowest BCUT2D eigenvalue weighted by Crippen LogP contribution is -2.44. The van der Waals surface area contributed by atoms with Gasteiger partial charge >= 0.3 is 12.1 Å². The number of nitrogens with one attached hydrogen (secondary N) is 1. The maximum absolute atomic E-state index is 12.1. The van der Waals surface area contributed by atoms with Gasteiger partial charge in [-0.1, -0.05) is 42.5 Å². The summed E-state index contributed by atoms with van der Waals surface area (Å²) in [5.74, 6) is -1.36. The van der Waals surface area contributed by atoms with Crippen molar-refractivity contribution in [3.8, 4) is 5.75 Å². The number of aromatic hydroxyl groups is 1. The number of nitrogens with two attached hydrogens (primary N) is 1. The highest BCUT2D eigenvalue weighted by Gasteiger charge is 2.23. The predicted octanol–water partition coefficient (Wildman–Crippen LogP) is 1.75. The van der Waals surface area contributed by atoms with Crippen LogP contribution >= 0.6 is 0 Å². The van der Waals surface area contributed by atoms with E-state index in [4.69, 9.17) is 5.73 Å². The second-order valence-electron chi connectivity index (χ2n) is 5.42. The van der Waals surface area contributed by atoms with Crippen LogP contribution in [0, 0.1) is 0 Å². The van der Waals surface area contributed by atoms with Gasteiger partial charge in [-0.2, -0.15) is 0 Å². The number of carbonyl (C=O) groups is 3. The first kappa shape index (κ1) is 18.7. The van der Waals surface area contributed by atoms with Gasteiger partial charge in [-0.3, -0.25) is 4.79 Å². The Morgan fingerprint density at radius 2 is 1.73 bits per heavy atom. The Kier molecular flexibility index (Phi) is 6.50. The molecule has 0 saturated heterocycles. The Bertz CT molecular complexity index is 800. The summed E-state index contributed by atoms with van der Waals surface area (Å²) in [5, 5.41) is 11.7. The molecule has 0 aliphatic carbocycles. The van der Waals surface area contributed by atoms with Crippen molar-refractivity contribution >= 4 is 24.0 Å². The summed E-state index contributed by atoms with van der Waals surface area (Å²) in [5.41, 5.74) is 6.34. The number of phenols is 1. The summed E-state index contributed by atoms with van der Waals surface area (Å²) >= 11 is 0. The number of ether oxygens (including phenoxy) is 1. The molecule has 0 fully saturated rings. The quantitative estimate of drug-likeness (QED) is 0.415. The number of esters is 1. The first-order chi connectivity index (χ1) is 12.4. The summed E-state index contributed by atoms with van der Waals surface area (Å²) in [4.78, 5) is 34.9. The van der Waals surface area contributed by atoms with E-state index in [1.54, 1.807) is 36.4 Å². The van der Waals surface area contributed by atoms with Gasteiger partial charge < -0.3 is 20.9 Å². The predicted molar refractivity (Wildman–Crippen MR) is 94.9 cm³/mol. The molecule has 0 bridgehead atoms. The molecule has 0 unspecified atom stereocenters. The monoisotopic (exact) mass is 354 g/mol. The number of phenolic OH excluding ortho intramolecular Hbond substituents is 1. The molecular formula is C19H18N2O5. The molecule has 0 aliphatic heterocycles. The smallest absolute Gasteiger partial charge is 0.412 e. The lowest BCUT2D eigenvalue weighted by molar-refractivity contribution is -0.141. The van der Waals surface area contributed by atoms with Gasteiger partial charge in [0.15, 0.2) is 0 Å². The lowest BCUT2D eigenvalue weighted by atomic mass is 10.1. The van der Waals surface area contributed by atoms with Gasteiger partial charge in [-0.05, 0) is 29.3 Å². The zero-order valence-electron chi connectivity index (χ0n) is 13.8. The summed E-state index contributed by atoms with van der Waals surface area (Å²) in [6.45, 7) is 0. The van der Waals surface area contributed by atoms with Gasteiger partial charge in [0.1, 0.15) is 11.8 Å². The van der Waals surface area contributed by atoms with Crippen LogP contribution in [-0.4, -0.2) is 29.1 Å². The Hall–Kier alpha value is -3.61. The maximum Gasteiger partial charge on any atom is 0.412 e. The van der Waals surface area contributed by atoms with E-state index >= 15 is 0 Å². The molecule has 134 valence electrons. The number of carbonyl (C=O) groups excluding carboxylic acids is 3. The molecule has 26 heavy (non-hydrogen) atoms. The molecule has 2 rings (SSSR count). The van der Waals surface area contributed by atoms with Crippen molar-refractivity contribution in [2.24, 2.45) is 5.73 Å². The first-order valence-corrected chi connectivity index (χ1v) is 7.76. The molecule has 7 heteroatoms. The van der Waals surface area contributed by atoms with Crippen LogP contribution in [0.4, 0.5) is 4.79 Å². The highest BCUT2D eigenvalue weighted by molar-refractivity contribution is 5.96. The molecule has 2 aromatic rings. The Labute approximate surface area is 150 Å². The van der Waals surface area contributed by atoms with Gasteiger partial charge in [0.05, 0.1) is 0 Å². The van der Waals surface area contributed by atoms with Gasteiger partial charge in [-0.25, -0.2) is 9.59 Å². The van der Waals surface area contributed by atoms with E-state index in [2.05, 4.69) is 10.1 Å². The largest absolute Gasteiger partial charge is 0.508 e. The molecule has 0 aromatic heterocycles. The van der Waals surface area contributed by atoms with E-state index in [0.29, 0.717) is 5.56 Å². The zero-order valence-corrected chi connectivity index (χ0v) is 13.8. The third kappa shape index (κ3) is 6.12. The standard InChI is InChI=1S/C19H18N2O5/c20-19(25)26-18(24)16(12-14-4-2-1-3-5-14)21-17(23)11-8-13-6-9-15(22)10-7-13/h1-11,16,22H,12H2,(H2,20,25)(H,21,23)/t16-/m0/s1. The summed E-state index contributed by atoms with van der Waals surface area (Å²) in [6.07, 6.45) is 1.67. The van der Waals surface area contributed by atoms with Gasteiger partial charge in [0, 0.05) is 12.5 Å². The van der Waals surface area contributed by atoms with Gasteiger partial charge in [-0.15, -0.1) is 0 Å². The zero-order chi connectivity index (χ0) is 18.9. The van der Waals surface area contributed by atoms with Crippen molar-refractivity contribution in [3.05, 3.63) is 71.8 Å². The Balaban J connectivity index is 2.06. The number of hydrogen-bond donors (Lipinski definition) is 3. The highest BCUT2D eigenvalue weighted by Crippen LogP contribution is 2.11. The van der Waals surface area contributed by atoms with Crippen LogP contribution in [0.3, 0.4) is 0 Å². The second kappa shape index (κ2) is 9.03. The minimum atomic E-state index is -1.23. The second-order valence-corrected chi connectivity index (χ2v) is 5.42. The third-order valence-corrected chi connectivity index (χ3v) is 3.41. The molecule has 0 spiro atoms. The van der Waals surface area contributed by atoms with Gasteiger partial charge in [0.2, 0.25) is 5.91 Å². The Morgan fingerprint density at radius 1 is 1.08 bits per heavy atom. The van der Waals surface area contributed by atoms with E-state index in [1.165, 1.54) is 24.3 Å². The van der Waals surface area contributed by atoms with E-state index in [-0.39, 0.29) is 12.2 Å². The molecule has 0 saturated carbocycles. The van der Waals surface area contributed by atoms with E-state index in [9.17, 15) is 19.5 Å². The number of hydrogen-bond acceptors (Lipinski definition) is 5. The summed E-state index contributed by atoms with van der Waals surface area (Å²) < 4.78 is 4.39. The fourth-order valence-corrected chi connectivity index (χ4v) is 2.19. The molecule has 0 aliphatic rings. The van der Waals surface area contributed by atoms with Crippen LogP contribution in [0.25, 0.3) is 6.08 Å². The molecule has 0 radical (unpaired) electrons. The Morgan fingerprint density at radius 3 is 2.35 bits per heavy atom. The minimum absolute atomic E-state index is 0.115. The first-order valence-electron chi connectivity index (χ1n) is 7.76. The van der Waals surface area contributed by atoms with Crippen LogP contribution in [0.5, 0.6) is 5.75 Å². The van der Waals surface area contributed by atoms with Crippen LogP contribution < -0.4 is 11.1 Å². The van der Waals surface area contributed by atoms with Crippen LogP contribution in [-0.2, 0) is 20.7 Å². The fourth-order valence-electron chi connectivity index (χ4n) is 2.19. The molecule has 4 N–H and O–H groups in total. The van der Waals surface area contributed by atoms with E-state index < -0.39 is 24.0 Å². The van der Waals surface area contributed by atoms with Crippen LogP contribution in [0.2, 0.25) is 0 Å². The SMILES string of the molecule is NC(=O)OC(=O)[C@H](Cc1ccccc1)NC(=O)C=Cc1ccc(O)cc1. The maximum atomic E-state index is 12.1. The van der Waals surface area contributed by atoms with E-state index in [0.717, 1.165) is 5.56 Å². The highest BCUT2D eigenvalue weighted by atomic mass is 16.6. The summed E-state index contributed by atoms with van der Waals surface area (Å²) in [6, 6.07) is 14.1. The molecule has 0 heterocycles. The average molecular weight is 354 g/mol. The van der Waals surface area contributed by atoms with Crippen molar-refractivity contribution in [1.82, 2.24) is 5.32 Å². The molecule has 7 nitrogen and oxygen atoms in total. The minimum Gasteiger partial charge on any atom is -0.508 e. The van der Waals surface area contributed by atoms with Crippen molar-refractivity contribution in [2.75, 3.05) is 0 Å². The van der Waals surface area contributed by atoms with Gasteiger partial charge in [0.25, 0.3) is 0 Å². The van der Waals surface area contributed by atoms with Crippen molar-refractivity contribution in [2.45, 2.75) is 12.5 Å². The third-order valence-electron chi connectivity index (χ3n) is 3.41. The lowest BCUT2D eigenvalue weighted by Gasteiger charge is -2.15. The van der Waals surface area contributed by atoms with Crippen molar-refractivity contribution in [1.29, 1.82) is 0 Å². The molecular weight excluding hydrogens is 336 g/mol. The number of rotatable bonds is 6. The topological polar surface area (TPSA) is 119 Å². The number of benzene rings is 2. The van der Waals surface area contributed by atoms with Crippen molar-refractivity contribution < 1.29 is 24.2 Å². The normalized spacial score (nSPS) is 11.7. The molecule has 1 atom stereocenters. The average Bonchev–Trinajstić information content (AvgIpc) is 2.61. The molecule has 2 amide bonds. The van der Waals surface area contributed by atoms with Crippen molar-refractivity contribution in [3.63, 3.8) is 0 Å². The van der Waals surface area contributed by atoms with Crippen LogP contribution in [0.1, 0.15) is 11.1 Å². The summed E-state index contributed by atoms with van der Waals surface area (Å²) in [7, 11) is 0.